The third kappa shape index (κ3) is 3.35. The van der Waals surface area contributed by atoms with Gasteiger partial charge in [0.2, 0.25) is 15.6 Å². The molecule has 0 fully saturated rings. The lowest BCUT2D eigenvalue weighted by Crippen LogP contribution is -2.05. The molecular formula is C15H10FN3O4S2. The average Bonchev–Trinajstić information content (AvgIpc) is 3.27. The first-order valence-electron chi connectivity index (χ1n) is 6.77. The highest BCUT2D eigenvalue weighted by Gasteiger charge is 2.24. The van der Waals surface area contributed by atoms with E-state index >= 15 is 0 Å². The molecule has 0 aliphatic heterocycles. The molecule has 0 amide bonds. The second-order valence-corrected chi connectivity index (χ2v) is 7.50. The minimum atomic E-state index is -3.98. The van der Waals surface area contributed by atoms with Crippen molar-refractivity contribution in [2.24, 2.45) is 0 Å². The van der Waals surface area contributed by atoms with E-state index in [9.17, 15) is 22.7 Å². The van der Waals surface area contributed by atoms with Gasteiger partial charge in [-0.25, -0.2) is 17.8 Å². The lowest BCUT2D eigenvalue weighted by atomic mass is 10.2. The van der Waals surface area contributed by atoms with Gasteiger partial charge in [-0.15, -0.1) is 0 Å². The molecule has 0 bridgehead atoms. The molecule has 0 atom stereocenters. The summed E-state index contributed by atoms with van der Waals surface area (Å²) < 4.78 is 38.4. The molecule has 1 aromatic carbocycles. The number of rotatable bonds is 5. The number of benzene rings is 1. The number of allylic oxidation sites excluding steroid dienone is 1. The van der Waals surface area contributed by atoms with Crippen molar-refractivity contribution in [2.75, 3.05) is 0 Å². The number of hydrogen-bond acceptors (Lipinski definition) is 7. The van der Waals surface area contributed by atoms with Crippen molar-refractivity contribution in [3.8, 4) is 0 Å². The lowest BCUT2D eigenvalue weighted by molar-refractivity contribution is 0.103. The van der Waals surface area contributed by atoms with E-state index in [0.717, 1.165) is 48.0 Å². The molecule has 0 aliphatic rings. The molecule has 2 heterocycles. The third-order valence-electron chi connectivity index (χ3n) is 3.23. The summed E-state index contributed by atoms with van der Waals surface area (Å²) in [6.45, 7) is 0. The minimum absolute atomic E-state index is 0.0257. The first-order valence-corrected chi connectivity index (χ1v) is 9.20. The maximum atomic E-state index is 13.0. The van der Waals surface area contributed by atoms with Crippen LogP contribution in [0.25, 0.3) is 5.76 Å². The fourth-order valence-electron chi connectivity index (χ4n) is 2.02. The fraction of sp³-hybridized carbons (Fsp3) is 0. The Kier molecular flexibility index (Phi) is 4.47. The van der Waals surface area contributed by atoms with E-state index in [1.54, 1.807) is 0 Å². The lowest BCUT2D eigenvalue weighted by Gasteiger charge is -2.06. The number of carbonyl (C=O) groups is 1. The van der Waals surface area contributed by atoms with Gasteiger partial charge in [-0.3, -0.25) is 9.89 Å². The number of aliphatic hydroxyl groups is 1. The van der Waals surface area contributed by atoms with Crippen molar-refractivity contribution >= 4 is 32.7 Å². The van der Waals surface area contributed by atoms with Crippen LogP contribution in [0, 0.1) is 5.82 Å². The zero-order chi connectivity index (χ0) is 18.0. The van der Waals surface area contributed by atoms with Gasteiger partial charge >= 0.3 is 0 Å². The Hall–Kier alpha value is -2.85. The Balaban J connectivity index is 2.00. The van der Waals surface area contributed by atoms with E-state index in [-0.39, 0.29) is 21.2 Å². The Morgan fingerprint density at radius 3 is 2.60 bits per heavy atom. The highest BCUT2D eigenvalue weighted by atomic mass is 32.2. The number of aliphatic hydroxyl groups excluding tert-OH is 1. The number of carbonyl (C=O) groups excluding carboxylic acids is 1. The number of aromatic amines is 1. The van der Waals surface area contributed by atoms with Gasteiger partial charge in [0.1, 0.15) is 17.9 Å². The number of sulfone groups is 1. The van der Waals surface area contributed by atoms with Crippen molar-refractivity contribution in [1.82, 2.24) is 15.2 Å². The largest absolute Gasteiger partial charge is 0.507 e. The highest BCUT2D eigenvalue weighted by molar-refractivity contribution is 7.91. The maximum absolute atomic E-state index is 13.0. The molecule has 25 heavy (non-hydrogen) atoms. The second-order valence-electron chi connectivity index (χ2n) is 4.83. The molecule has 0 saturated heterocycles. The number of H-pyrrole nitrogens is 1. The van der Waals surface area contributed by atoms with Crippen molar-refractivity contribution in [1.29, 1.82) is 0 Å². The number of thiophene rings is 1. The van der Waals surface area contributed by atoms with Crippen LogP contribution in [0.5, 0.6) is 0 Å². The van der Waals surface area contributed by atoms with Crippen LogP contribution in [0.4, 0.5) is 4.39 Å². The zero-order valence-electron chi connectivity index (χ0n) is 12.4. The van der Waals surface area contributed by atoms with Crippen molar-refractivity contribution in [2.45, 2.75) is 9.79 Å². The number of aromatic nitrogens is 3. The predicted octanol–water partition coefficient (Wildman–Crippen LogP) is 2.62. The van der Waals surface area contributed by atoms with Crippen LogP contribution in [0.15, 0.2) is 57.2 Å². The SMILES string of the molecule is O=C(C=C(O)c1cscc1S(=O)(=O)c1ccc(F)cc1)c1ncn[nH]1. The molecule has 0 aliphatic carbocycles. The summed E-state index contributed by atoms with van der Waals surface area (Å²) in [6, 6.07) is 4.32. The Morgan fingerprint density at radius 2 is 1.96 bits per heavy atom. The Bertz CT molecular complexity index is 1040. The maximum Gasteiger partial charge on any atom is 0.226 e. The number of ketones is 1. The third-order valence-corrected chi connectivity index (χ3v) is 5.93. The van der Waals surface area contributed by atoms with E-state index in [1.807, 2.05) is 0 Å². The molecule has 10 heteroatoms. The van der Waals surface area contributed by atoms with Gasteiger partial charge in [0.25, 0.3) is 0 Å². The van der Waals surface area contributed by atoms with Crippen LogP contribution in [0.2, 0.25) is 0 Å². The summed E-state index contributed by atoms with van der Waals surface area (Å²) in [6.07, 6.45) is 1.99. The van der Waals surface area contributed by atoms with E-state index in [4.69, 9.17) is 0 Å². The predicted molar refractivity (Wildman–Crippen MR) is 87.5 cm³/mol. The summed E-state index contributed by atoms with van der Waals surface area (Å²) in [5, 5.41) is 18.8. The summed E-state index contributed by atoms with van der Waals surface area (Å²) in [5.74, 6) is -1.84. The first kappa shape index (κ1) is 17.0. The summed E-state index contributed by atoms with van der Waals surface area (Å²) in [7, 11) is -3.98. The van der Waals surface area contributed by atoms with Crippen molar-refractivity contribution in [3.63, 3.8) is 0 Å². The minimum Gasteiger partial charge on any atom is -0.507 e. The Labute approximate surface area is 145 Å². The second kappa shape index (κ2) is 6.57. The number of nitrogens with zero attached hydrogens (tertiary/aromatic N) is 2. The van der Waals surface area contributed by atoms with Crippen LogP contribution >= 0.6 is 11.3 Å². The van der Waals surface area contributed by atoms with Gasteiger partial charge in [0.15, 0.2) is 5.82 Å². The molecule has 0 radical (unpaired) electrons. The molecule has 2 N–H and O–H groups in total. The molecule has 0 spiro atoms. The molecule has 3 rings (SSSR count). The molecule has 7 nitrogen and oxygen atoms in total. The summed E-state index contributed by atoms with van der Waals surface area (Å²) in [4.78, 5) is 15.3. The standard InChI is InChI=1S/C15H10FN3O4S2/c16-9-1-3-10(4-2-9)25(22,23)14-7-24-6-11(14)12(20)5-13(21)15-17-8-18-19-15/h1-8,20H,(H,17,18,19). The number of nitrogens with one attached hydrogen (secondary N) is 1. The highest BCUT2D eigenvalue weighted by Crippen LogP contribution is 2.31. The van der Waals surface area contributed by atoms with Gasteiger partial charge in [-0.05, 0) is 24.3 Å². The van der Waals surface area contributed by atoms with Gasteiger partial charge in [-0.1, -0.05) is 0 Å². The fourth-order valence-corrected chi connectivity index (χ4v) is 4.67. The molecule has 128 valence electrons. The summed E-state index contributed by atoms with van der Waals surface area (Å²) >= 11 is 1.04. The molecule has 2 aromatic heterocycles. The Morgan fingerprint density at radius 1 is 1.24 bits per heavy atom. The van der Waals surface area contributed by atoms with Gasteiger partial charge in [-0.2, -0.15) is 16.4 Å². The van der Waals surface area contributed by atoms with Crippen molar-refractivity contribution in [3.05, 3.63) is 64.6 Å². The van der Waals surface area contributed by atoms with E-state index in [1.165, 1.54) is 10.8 Å². The van der Waals surface area contributed by atoms with Gasteiger partial charge < -0.3 is 5.11 Å². The van der Waals surface area contributed by atoms with Crippen molar-refractivity contribution < 1.29 is 22.7 Å². The number of hydrogen-bond donors (Lipinski definition) is 2. The normalized spacial score (nSPS) is 12.3. The van der Waals surface area contributed by atoms with Crippen LogP contribution in [0.3, 0.4) is 0 Å². The van der Waals surface area contributed by atoms with E-state index in [0.29, 0.717) is 0 Å². The monoisotopic (exact) mass is 379 g/mol. The zero-order valence-corrected chi connectivity index (χ0v) is 14.0. The summed E-state index contributed by atoms with van der Waals surface area (Å²) in [5.41, 5.74) is -0.0257. The molecule has 3 aromatic rings. The topological polar surface area (TPSA) is 113 Å². The first-order chi connectivity index (χ1) is 11.9. The molecule has 0 saturated carbocycles. The van der Waals surface area contributed by atoms with Gasteiger partial charge in [0.05, 0.1) is 9.79 Å². The van der Waals surface area contributed by atoms with Crippen LogP contribution < -0.4 is 0 Å². The average molecular weight is 379 g/mol. The molecular weight excluding hydrogens is 369 g/mol. The molecule has 0 unspecified atom stereocenters. The van der Waals surface area contributed by atoms with E-state index < -0.39 is 27.2 Å². The van der Waals surface area contributed by atoms with E-state index in [2.05, 4.69) is 15.2 Å². The quantitative estimate of drug-likeness (QED) is 0.305. The van der Waals surface area contributed by atoms with Crippen LogP contribution in [-0.2, 0) is 9.84 Å². The van der Waals surface area contributed by atoms with Gasteiger partial charge in [0, 0.05) is 22.4 Å². The smallest absolute Gasteiger partial charge is 0.226 e. The van der Waals surface area contributed by atoms with Crippen LogP contribution in [-0.4, -0.2) is 34.5 Å². The van der Waals surface area contributed by atoms with Crippen LogP contribution in [0.1, 0.15) is 16.2 Å². The number of halogens is 1.